The zero-order chi connectivity index (χ0) is 14.9. The molecule has 0 amide bonds. The topological polar surface area (TPSA) is 46.6 Å². The van der Waals surface area contributed by atoms with Crippen LogP contribution in [0.5, 0.6) is 0 Å². The lowest BCUT2D eigenvalue weighted by Gasteiger charge is -2.41. The van der Waals surface area contributed by atoms with Crippen LogP contribution in [0.1, 0.15) is 13.8 Å². The Kier molecular flexibility index (Phi) is 4.79. The maximum Gasteiger partial charge on any atom is 0.243 e. The summed E-state index contributed by atoms with van der Waals surface area (Å²) in [5, 5.41) is 0.527. The van der Waals surface area contributed by atoms with Crippen LogP contribution >= 0.6 is 11.6 Å². The highest BCUT2D eigenvalue weighted by atomic mass is 35.5. The number of morpholine rings is 1. The number of benzene rings is 1. The summed E-state index contributed by atoms with van der Waals surface area (Å²) in [4.78, 5) is 0.279. The van der Waals surface area contributed by atoms with E-state index in [0.717, 1.165) is 0 Å². The number of hydrogen-bond donors (Lipinski definition) is 0. The zero-order valence-electron chi connectivity index (χ0n) is 11.9. The zero-order valence-corrected chi connectivity index (χ0v) is 13.5. The Morgan fingerprint density at radius 2 is 1.90 bits per heavy atom. The molecule has 0 spiro atoms. The van der Waals surface area contributed by atoms with Gasteiger partial charge in [-0.05, 0) is 30.2 Å². The average molecular weight is 316 g/mol. The van der Waals surface area contributed by atoms with Crippen molar-refractivity contribution in [1.82, 2.24) is 4.31 Å². The lowest BCUT2D eigenvalue weighted by atomic mass is 9.92. The molecule has 0 unspecified atom stereocenters. The van der Waals surface area contributed by atoms with Gasteiger partial charge in [0.15, 0.2) is 0 Å². The summed E-state index contributed by atoms with van der Waals surface area (Å²) in [5.74, 6) is 0.0247. The second-order valence-electron chi connectivity index (χ2n) is 5.49. The molecule has 1 aromatic carbocycles. The second kappa shape index (κ2) is 6.06. The van der Waals surface area contributed by atoms with Gasteiger partial charge in [-0.15, -0.1) is 0 Å². The van der Waals surface area contributed by atoms with Crippen LogP contribution in [-0.4, -0.2) is 45.8 Å². The van der Waals surface area contributed by atoms with Gasteiger partial charge in [0.1, 0.15) is 7.85 Å². The summed E-state index contributed by atoms with van der Waals surface area (Å²) in [6.07, 6.45) is 0. The molecule has 0 aliphatic carbocycles. The largest absolute Gasteiger partial charge is 0.379 e. The third-order valence-electron chi connectivity index (χ3n) is 3.57. The Labute approximate surface area is 126 Å². The molecule has 0 radical (unpaired) electrons. The third kappa shape index (κ3) is 3.03. The summed E-state index contributed by atoms with van der Waals surface area (Å²) >= 11 is 5.83. The first-order valence-corrected chi connectivity index (χ1v) is 8.52. The first-order valence-electron chi connectivity index (χ1n) is 6.71. The van der Waals surface area contributed by atoms with Crippen molar-refractivity contribution in [3.8, 4) is 0 Å². The summed E-state index contributed by atoms with van der Waals surface area (Å²) < 4.78 is 32.8. The Balaban J connectivity index is 2.41. The fourth-order valence-electron chi connectivity index (χ4n) is 2.46. The van der Waals surface area contributed by atoms with Crippen molar-refractivity contribution in [2.24, 2.45) is 5.92 Å². The summed E-state index contributed by atoms with van der Waals surface area (Å²) in [5.41, 5.74) is 0. The van der Waals surface area contributed by atoms with Crippen LogP contribution in [0.4, 0.5) is 0 Å². The van der Waals surface area contributed by atoms with Gasteiger partial charge in [0.25, 0.3) is 0 Å². The van der Waals surface area contributed by atoms with Crippen LogP contribution in [0.2, 0.25) is 5.02 Å². The second-order valence-corrected chi connectivity index (χ2v) is 7.77. The quantitative estimate of drug-likeness (QED) is 0.791. The smallest absolute Gasteiger partial charge is 0.243 e. The molecule has 1 heterocycles. The van der Waals surface area contributed by atoms with Gasteiger partial charge in [0, 0.05) is 11.0 Å². The van der Waals surface area contributed by atoms with E-state index in [1.807, 2.05) is 21.7 Å². The average Bonchev–Trinajstić information content (AvgIpc) is 2.38. The minimum atomic E-state index is -3.53. The number of hydrogen-bond acceptors (Lipinski definition) is 3. The van der Waals surface area contributed by atoms with Gasteiger partial charge in [0.2, 0.25) is 10.0 Å². The van der Waals surface area contributed by atoms with E-state index in [-0.39, 0.29) is 22.8 Å². The van der Waals surface area contributed by atoms with Crippen LogP contribution in [0.3, 0.4) is 0 Å². The van der Waals surface area contributed by atoms with Crippen molar-refractivity contribution in [2.75, 3.05) is 13.2 Å². The van der Waals surface area contributed by atoms with Crippen molar-refractivity contribution in [3.63, 3.8) is 0 Å². The van der Waals surface area contributed by atoms with E-state index >= 15 is 0 Å². The van der Waals surface area contributed by atoms with E-state index in [1.54, 1.807) is 28.6 Å². The minimum absolute atomic E-state index is 0.139. The molecule has 0 saturated carbocycles. The van der Waals surface area contributed by atoms with Crippen LogP contribution in [-0.2, 0) is 14.8 Å². The Morgan fingerprint density at radius 3 is 2.45 bits per heavy atom. The van der Waals surface area contributed by atoms with Crippen LogP contribution in [0, 0.1) is 5.92 Å². The van der Waals surface area contributed by atoms with Crippen LogP contribution in [0.25, 0.3) is 0 Å². The van der Waals surface area contributed by atoms with Gasteiger partial charge in [0.05, 0.1) is 24.2 Å². The number of halogens is 1. The number of ether oxygens (including phenoxy) is 1. The van der Waals surface area contributed by atoms with E-state index in [4.69, 9.17) is 16.3 Å². The fourth-order valence-corrected chi connectivity index (χ4v) is 4.51. The molecule has 1 saturated heterocycles. The van der Waals surface area contributed by atoms with Crippen LogP contribution < -0.4 is 0 Å². The fraction of sp³-hybridized carbons (Fsp3) is 0.538. The molecule has 4 nitrogen and oxygen atoms in total. The molecule has 2 rings (SSSR count). The van der Waals surface area contributed by atoms with Gasteiger partial charge in [-0.1, -0.05) is 25.4 Å². The van der Waals surface area contributed by atoms with Crippen molar-refractivity contribution < 1.29 is 13.2 Å². The molecular weight excluding hydrogens is 296 g/mol. The van der Waals surface area contributed by atoms with E-state index in [2.05, 4.69) is 0 Å². The lowest BCUT2D eigenvalue weighted by molar-refractivity contribution is 0.00298. The normalized spacial score (nSPS) is 25.0. The highest BCUT2D eigenvalue weighted by molar-refractivity contribution is 7.89. The molecular formula is C13H19BClNO3S. The molecule has 1 aliphatic heterocycles. The van der Waals surface area contributed by atoms with Gasteiger partial charge in [-0.3, -0.25) is 0 Å². The van der Waals surface area contributed by atoms with Crippen molar-refractivity contribution in [1.29, 1.82) is 0 Å². The van der Waals surface area contributed by atoms with E-state index in [1.165, 1.54) is 0 Å². The van der Waals surface area contributed by atoms with Gasteiger partial charge in [-0.25, -0.2) is 8.42 Å². The number of nitrogens with zero attached hydrogens (tertiary/aromatic N) is 1. The SMILES string of the molecule is B[C@H]1COC[C@@H](C(C)C)N1S(=O)(=O)c1ccc(Cl)cc1. The summed E-state index contributed by atoms with van der Waals surface area (Å²) in [6.45, 7) is 4.89. The van der Waals surface area contributed by atoms with E-state index < -0.39 is 10.0 Å². The first kappa shape index (κ1) is 15.8. The van der Waals surface area contributed by atoms with Crippen molar-refractivity contribution in [2.45, 2.75) is 30.7 Å². The summed E-state index contributed by atoms with van der Waals surface area (Å²) in [6, 6.07) is 6.17. The first-order chi connectivity index (χ1) is 9.34. The van der Waals surface area contributed by atoms with Crippen LogP contribution in [0.15, 0.2) is 29.2 Å². The maximum atomic E-state index is 12.9. The number of sulfonamides is 1. The third-order valence-corrected chi connectivity index (χ3v) is 5.87. The maximum absolute atomic E-state index is 12.9. The minimum Gasteiger partial charge on any atom is -0.379 e. The monoisotopic (exact) mass is 315 g/mol. The standard InChI is InChI=1S/C13H19BClNO3S/c1-9(2)12-7-19-8-13(14)16(12)20(17,18)11-5-3-10(15)4-6-11/h3-6,9,12-13H,7-8,14H2,1-2H3/t12-,13+/m0/s1. The molecule has 20 heavy (non-hydrogen) atoms. The number of rotatable bonds is 3. The molecule has 2 atom stereocenters. The Morgan fingerprint density at radius 1 is 1.30 bits per heavy atom. The highest BCUT2D eigenvalue weighted by Gasteiger charge is 2.39. The van der Waals surface area contributed by atoms with E-state index in [0.29, 0.717) is 18.2 Å². The van der Waals surface area contributed by atoms with Gasteiger partial charge in [-0.2, -0.15) is 4.31 Å². The van der Waals surface area contributed by atoms with Crippen molar-refractivity contribution in [3.05, 3.63) is 29.3 Å². The summed E-state index contributed by atoms with van der Waals surface area (Å²) in [7, 11) is -1.65. The van der Waals surface area contributed by atoms with Gasteiger partial charge >= 0.3 is 0 Å². The Bertz CT molecular complexity index is 561. The lowest BCUT2D eigenvalue weighted by Crippen LogP contribution is -2.56. The molecule has 1 fully saturated rings. The molecule has 0 bridgehead atoms. The molecule has 110 valence electrons. The Hall–Kier alpha value is -0.555. The molecule has 1 aromatic rings. The van der Waals surface area contributed by atoms with Crippen molar-refractivity contribution >= 4 is 29.5 Å². The van der Waals surface area contributed by atoms with E-state index in [9.17, 15) is 8.42 Å². The predicted molar refractivity (Wildman–Crippen MR) is 82.3 cm³/mol. The predicted octanol–water partition coefficient (Wildman–Crippen LogP) is 1.34. The highest BCUT2D eigenvalue weighted by Crippen LogP contribution is 2.27. The van der Waals surface area contributed by atoms with Gasteiger partial charge < -0.3 is 4.74 Å². The molecule has 1 aliphatic rings. The molecule has 0 N–H and O–H groups in total. The molecule has 0 aromatic heterocycles. The molecule has 7 heteroatoms.